The molecule has 0 atom stereocenters. The van der Waals surface area contributed by atoms with Gasteiger partial charge in [-0.3, -0.25) is 4.79 Å². The van der Waals surface area contributed by atoms with E-state index >= 15 is 0 Å². The molecule has 1 aromatic carbocycles. The van der Waals surface area contributed by atoms with E-state index in [1.54, 1.807) is 0 Å². The molecule has 3 N–H and O–H groups in total. The van der Waals surface area contributed by atoms with Gasteiger partial charge in [0.15, 0.2) is 0 Å². The molecule has 2 aromatic rings. The van der Waals surface area contributed by atoms with Crippen molar-refractivity contribution < 1.29 is 4.79 Å². The van der Waals surface area contributed by atoms with E-state index in [4.69, 9.17) is 5.73 Å². The van der Waals surface area contributed by atoms with Crippen LogP contribution in [0.1, 0.15) is 19.4 Å². The summed E-state index contributed by atoms with van der Waals surface area (Å²) in [5.74, 6) is 0.00861. The zero-order chi connectivity index (χ0) is 14.0. The molecule has 0 spiro atoms. The van der Waals surface area contributed by atoms with E-state index in [0.29, 0.717) is 13.1 Å². The van der Waals surface area contributed by atoms with Crippen LogP contribution in [0.2, 0.25) is 0 Å². The van der Waals surface area contributed by atoms with Gasteiger partial charge in [0, 0.05) is 37.2 Å². The summed E-state index contributed by atoms with van der Waals surface area (Å²) < 4.78 is 2.06. The van der Waals surface area contributed by atoms with Gasteiger partial charge in [-0.05, 0) is 25.5 Å². The fourth-order valence-corrected chi connectivity index (χ4v) is 2.37. The number of aromatic nitrogens is 1. The SMILES string of the molecule is Cn1cc(C(C)(C)C(=O)NCCN)c2ccccc21. The number of hydrogen-bond donors (Lipinski definition) is 2. The van der Waals surface area contributed by atoms with E-state index in [9.17, 15) is 4.79 Å². The molecule has 0 saturated heterocycles. The average Bonchev–Trinajstić information content (AvgIpc) is 2.74. The Kier molecular flexibility index (Phi) is 3.62. The molecule has 1 aromatic heterocycles. The van der Waals surface area contributed by atoms with Crippen LogP contribution in [-0.4, -0.2) is 23.6 Å². The van der Waals surface area contributed by atoms with Crippen molar-refractivity contribution in [1.82, 2.24) is 9.88 Å². The lowest BCUT2D eigenvalue weighted by molar-refractivity contribution is -0.125. The second-order valence-electron chi connectivity index (χ2n) is 5.34. The first-order chi connectivity index (χ1) is 8.98. The highest BCUT2D eigenvalue weighted by atomic mass is 16.2. The monoisotopic (exact) mass is 259 g/mol. The maximum absolute atomic E-state index is 12.3. The van der Waals surface area contributed by atoms with E-state index in [2.05, 4.69) is 22.0 Å². The molecule has 19 heavy (non-hydrogen) atoms. The third kappa shape index (κ3) is 2.36. The Balaban J connectivity index is 2.45. The van der Waals surface area contributed by atoms with Crippen LogP contribution in [0.15, 0.2) is 30.5 Å². The number of benzene rings is 1. The Morgan fingerprint density at radius 2 is 2.05 bits per heavy atom. The van der Waals surface area contributed by atoms with Crippen molar-refractivity contribution in [3.05, 3.63) is 36.0 Å². The molecule has 0 saturated carbocycles. The summed E-state index contributed by atoms with van der Waals surface area (Å²) in [6, 6.07) is 8.13. The van der Waals surface area contributed by atoms with Crippen molar-refractivity contribution in [1.29, 1.82) is 0 Å². The van der Waals surface area contributed by atoms with Crippen LogP contribution in [0.4, 0.5) is 0 Å². The van der Waals surface area contributed by atoms with Crippen LogP contribution >= 0.6 is 0 Å². The Morgan fingerprint density at radius 3 is 2.74 bits per heavy atom. The van der Waals surface area contributed by atoms with Gasteiger partial charge in [-0.2, -0.15) is 0 Å². The standard InChI is InChI=1S/C15H21N3O/c1-15(2,14(19)17-9-8-16)12-10-18(3)13-7-5-4-6-11(12)13/h4-7,10H,8-9,16H2,1-3H3,(H,17,19). The number of carbonyl (C=O) groups excluding carboxylic acids is 1. The van der Waals surface area contributed by atoms with Gasteiger partial charge < -0.3 is 15.6 Å². The zero-order valence-electron chi connectivity index (χ0n) is 11.7. The molecule has 0 aliphatic heterocycles. The number of aryl methyl sites for hydroxylation is 1. The number of hydrogen-bond acceptors (Lipinski definition) is 2. The quantitative estimate of drug-likeness (QED) is 0.874. The van der Waals surface area contributed by atoms with Gasteiger partial charge in [0.05, 0.1) is 5.41 Å². The molecular weight excluding hydrogens is 238 g/mol. The van der Waals surface area contributed by atoms with Gasteiger partial charge in [0.25, 0.3) is 0 Å². The number of carbonyl (C=O) groups is 1. The van der Waals surface area contributed by atoms with E-state index in [0.717, 1.165) is 16.5 Å². The summed E-state index contributed by atoms with van der Waals surface area (Å²) in [6.45, 7) is 4.85. The summed E-state index contributed by atoms with van der Waals surface area (Å²) >= 11 is 0. The van der Waals surface area contributed by atoms with Gasteiger partial charge in [-0.1, -0.05) is 18.2 Å². The Labute approximate surface area is 113 Å². The maximum Gasteiger partial charge on any atom is 0.230 e. The molecule has 4 nitrogen and oxygen atoms in total. The van der Waals surface area contributed by atoms with E-state index in [1.165, 1.54) is 0 Å². The minimum absolute atomic E-state index is 0.00861. The fraction of sp³-hybridized carbons (Fsp3) is 0.400. The van der Waals surface area contributed by atoms with Crippen molar-refractivity contribution in [2.24, 2.45) is 12.8 Å². The van der Waals surface area contributed by atoms with Crippen molar-refractivity contribution >= 4 is 16.8 Å². The smallest absolute Gasteiger partial charge is 0.230 e. The summed E-state index contributed by atoms with van der Waals surface area (Å²) in [4.78, 5) is 12.3. The molecule has 1 heterocycles. The van der Waals surface area contributed by atoms with Crippen molar-refractivity contribution in [2.45, 2.75) is 19.3 Å². The number of nitrogens with two attached hydrogens (primary N) is 1. The van der Waals surface area contributed by atoms with Crippen molar-refractivity contribution in [3.8, 4) is 0 Å². The largest absolute Gasteiger partial charge is 0.354 e. The normalized spacial score (nSPS) is 11.8. The van der Waals surface area contributed by atoms with Crippen LogP contribution in [0.5, 0.6) is 0 Å². The van der Waals surface area contributed by atoms with Gasteiger partial charge in [-0.15, -0.1) is 0 Å². The second-order valence-corrected chi connectivity index (χ2v) is 5.34. The summed E-state index contributed by atoms with van der Waals surface area (Å²) in [5, 5.41) is 3.99. The molecule has 2 rings (SSSR count). The fourth-order valence-electron chi connectivity index (χ4n) is 2.37. The molecule has 0 aliphatic rings. The molecule has 102 valence electrons. The summed E-state index contributed by atoms with van der Waals surface area (Å²) in [5.41, 5.74) is 7.04. The third-order valence-corrected chi connectivity index (χ3v) is 3.57. The lowest BCUT2D eigenvalue weighted by Gasteiger charge is -2.23. The highest BCUT2D eigenvalue weighted by molar-refractivity contribution is 5.94. The van der Waals surface area contributed by atoms with Crippen LogP contribution in [0.25, 0.3) is 10.9 Å². The molecule has 1 amide bonds. The van der Waals surface area contributed by atoms with Crippen LogP contribution < -0.4 is 11.1 Å². The molecule has 0 aliphatic carbocycles. The number of rotatable bonds is 4. The van der Waals surface area contributed by atoms with Gasteiger partial charge >= 0.3 is 0 Å². The minimum atomic E-state index is -0.573. The third-order valence-electron chi connectivity index (χ3n) is 3.57. The molecule has 0 radical (unpaired) electrons. The highest BCUT2D eigenvalue weighted by Crippen LogP contribution is 2.31. The number of para-hydroxylation sites is 1. The summed E-state index contributed by atoms with van der Waals surface area (Å²) in [7, 11) is 2.00. The van der Waals surface area contributed by atoms with E-state index in [-0.39, 0.29) is 5.91 Å². The molecule has 4 heteroatoms. The lowest BCUT2D eigenvalue weighted by atomic mass is 9.83. The topological polar surface area (TPSA) is 60.0 Å². The number of nitrogens with one attached hydrogen (secondary N) is 1. The first-order valence-electron chi connectivity index (χ1n) is 6.51. The zero-order valence-corrected chi connectivity index (χ0v) is 11.7. The van der Waals surface area contributed by atoms with Crippen LogP contribution in [0, 0.1) is 0 Å². The Bertz CT molecular complexity index is 598. The number of amides is 1. The van der Waals surface area contributed by atoms with Gasteiger partial charge in [-0.25, -0.2) is 0 Å². The highest BCUT2D eigenvalue weighted by Gasteiger charge is 2.32. The average molecular weight is 259 g/mol. The minimum Gasteiger partial charge on any atom is -0.354 e. The van der Waals surface area contributed by atoms with E-state index in [1.807, 2.05) is 39.2 Å². The second kappa shape index (κ2) is 5.05. The molecule has 0 bridgehead atoms. The van der Waals surface area contributed by atoms with E-state index < -0.39 is 5.41 Å². The van der Waals surface area contributed by atoms with Crippen molar-refractivity contribution in [3.63, 3.8) is 0 Å². The van der Waals surface area contributed by atoms with Gasteiger partial charge in [0.1, 0.15) is 0 Å². The summed E-state index contributed by atoms with van der Waals surface area (Å²) in [6.07, 6.45) is 2.03. The van der Waals surface area contributed by atoms with Gasteiger partial charge in [0.2, 0.25) is 5.91 Å². The molecule has 0 fully saturated rings. The first kappa shape index (κ1) is 13.6. The molecule has 0 unspecified atom stereocenters. The Morgan fingerprint density at radius 1 is 1.37 bits per heavy atom. The lowest BCUT2D eigenvalue weighted by Crippen LogP contribution is -2.41. The Hall–Kier alpha value is -1.81. The number of fused-ring (bicyclic) bond motifs is 1. The van der Waals surface area contributed by atoms with Crippen LogP contribution in [0.3, 0.4) is 0 Å². The predicted octanol–water partition coefficient (Wildman–Crippen LogP) is 1.53. The molecular formula is C15H21N3O. The maximum atomic E-state index is 12.3. The predicted molar refractivity (Wildman–Crippen MR) is 78.0 cm³/mol. The first-order valence-corrected chi connectivity index (χ1v) is 6.51. The van der Waals surface area contributed by atoms with Crippen LogP contribution in [-0.2, 0) is 17.3 Å². The number of nitrogens with zero attached hydrogens (tertiary/aromatic N) is 1. The van der Waals surface area contributed by atoms with Crippen molar-refractivity contribution in [2.75, 3.05) is 13.1 Å².